The van der Waals surface area contributed by atoms with Crippen LogP contribution in [0.3, 0.4) is 0 Å². The summed E-state index contributed by atoms with van der Waals surface area (Å²) in [6.45, 7) is 4.18. The maximum atomic E-state index is 12.9. The van der Waals surface area contributed by atoms with E-state index in [2.05, 4.69) is 12.1 Å². The van der Waals surface area contributed by atoms with E-state index < -0.39 is 5.54 Å². The summed E-state index contributed by atoms with van der Waals surface area (Å²) >= 11 is 0. The first kappa shape index (κ1) is 14.5. The monoisotopic (exact) mass is 288 g/mol. The number of rotatable bonds is 3. The standard InChI is InChI=1S/C17H24N2O2/c1-2-21-15-8-5-9-19(12-15)16(20)17(18)10-13-6-3-4-7-14(13)11-17/h3-4,6-7,15H,2,5,8-12,18H2,1H3/t15-/m0/s1. The number of nitrogens with two attached hydrogens (primary N) is 1. The fourth-order valence-corrected chi connectivity index (χ4v) is 3.61. The first-order chi connectivity index (χ1) is 10.1. The van der Waals surface area contributed by atoms with E-state index in [1.54, 1.807) is 0 Å². The van der Waals surface area contributed by atoms with Gasteiger partial charge in [-0.15, -0.1) is 0 Å². The van der Waals surface area contributed by atoms with E-state index in [4.69, 9.17) is 10.5 Å². The predicted molar refractivity (Wildman–Crippen MR) is 82.0 cm³/mol. The molecule has 4 nitrogen and oxygen atoms in total. The molecule has 114 valence electrons. The van der Waals surface area contributed by atoms with Gasteiger partial charge < -0.3 is 15.4 Å². The number of carbonyl (C=O) groups excluding carboxylic acids is 1. The number of hydrogen-bond donors (Lipinski definition) is 1. The molecule has 21 heavy (non-hydrogen) atoms. The second-order valence-corrected chi connectivity index (χ2v) is 6.25. The van der Waals surface area contributed by atoms with Gasteiger partial charge in [-0.05, 0) is 43.7 Å². The van der Waals surface area contributed by atoms with Crippen molar-refractivity contribution in [3.8, 4) is 0 Å². The van der Waals surface area contributed by atoms with Crippen molar-refractivity contribution in [1.29, 1.82) is 0 Å². The van der Waals surface area contributed by atoms with Crippen molar-refractivity contribution in [1.82, 2.24) is 4.90 Å². The summed E-state index contributed by atoms with van der Waals surface area (Å²) in [6.07, 6.45) is 3.50. The summed E-state index contributed by atoms with van der Waals surface area (Å²) in [4.78, 5) is 14.8. The molecule has 1 atom stereocenters. The quantitative estimate of drug-likeness (QED) is 0.917. The number of nitrogens with zero attached hydrogens (tertiary/aromatic N) is 1. The summed E-state index contributed by atoms with van der Waals surface area (Å²) in [5, 5.41) is 0. The van der Waals surface area contributed by atoms with Gasteiger partial charge in [0.1, 0.15) is 5.54 Å². The molecule has 0 aromatic heterocycles. The van der Waals surface area contributed by atoms with E-state index in [0.29, 0.717) is 26.0 Å². The Hall–Kier alpha value is -1.39. The van der Waals surface area contributed by atoms with Crippen molar-refractivity contribution in [3.63, 3.8) is 0 Å². The highest BCUT2D eigenvalue weighted by molar-refractivity contribution is 5.88. The van der Waals surface area contributed by atoms with Gasteiger partial charge in [-0.1, -0.05) is 24.3 Å². The zero-order valence-corrected chi connectivity index (χ0v) is 12.7. The number of carbonyl (C=O) groups is 1. The third-order valence-corrected chi connectivity index (χ3v) is 4.62. The molecule has 0 bridgehead atoms. The average molecular weight is 288 g/mol. The highest BCUT2D eigenvalue weighted by atomic mass is 16.5. The Kier molecular flexibility index (Phi) is 4.00. The number of fused-ring (bicyclic) bond motifs is 1. The first-order valence-corrected chi connectivity index (χ1v) is 7.89. The van der Waals surface area contributed by atoms with Crippen LogP contribution in [0.1, 0.15) is 30.9 Å². The van der Waals surface area contributed by atoms with Gasteiger partial charge in [-0.3, -0.25) is 4.79 Å². The molecule has 0 radical (unpaired) electrons. The van der Waals surface area contributed by atoms with E-state index in [0.717, 1.165) is 19.4 Å². The molecule has 1 aliphatic heterocycles. The molecule has 1 fully saturated rings. The van der Waals surface area contributed by atoms with Crippen LogP contribution in [0.5, 0.6) is 0 Å². The number of ether oxygens (including phenoxy) is 1. The summed E-state index contributed by atoms with van der Waals surface area (Å²) < 4.78 is 5.69. The van der Waals surface area contributed by atoms with Gasteiger partial charge in [0.2, 0.25) is 5.91 Å². The smallest absolute Gasteiger partial charge is 0.243 e. The van der Waals surface area contributed by atoms with Crippen LogP contribution in [0, 0.1) is 0 Å². The maximum absolute atomic E-state index is 12.9. The second kappa shape index (κ2) is 5.78. The Bertz CT molecular complexity index is 502. The molecule has 4 heteroatoms. The molecule has 0 saturated carbocycles. The molecule has 0 unspecified atom stereocenters. The van der Waals surface area contributed by atoms with Crippen LogP contribution in [-0.2, 0) is 22.4 Å². The summed E-state index contributed by atoms with van der Waals surface area (Å²) in [5.74, 6) is 0.0862. The molecule has 2 aliphatic rings. The first-order valence-electron chi connectivity index (χ1n) is 7.89. The molecule has 3 rings (SSSR count). The van der Waals surface area contributed by atoms with Crippen molar-refractivity contribution < 1.29 is 9.53 Å². The lowest BCUT2D eigenvalue weighted by Gasteiger charge is -2.37. The van der Waals surface area contributed by atoms with Gasteiger partial charge in [0, 0.05) is 19.7 Å². The Morgan fingerprint density at radius 3 is 2.67 bits per heavy atom. The average Bonchev–Trinajstić information content (AvgIpc) is 2.84. The van der Waals surface area contributed by atoms with Gasteiger partial charge in [0.25, 0.3) is 0 Å². The third-order valence-electron chi connectivity index (χ3n) is 4.62. The van der Waals surface area contributed by atoms with Crippen LogP contribution < -0.4 is 5.73 Å². The van der Waals surface area contributed by atoms with Gasteiger partial charge >= 0.3 is 0 Å². The topological polar surface area (TPSA) is 55.6 Å². The lowest BCUT2D eigenvalue weighted by Crippen LogP contribution is -2.58. The minimum Gasteiger partial charge on any atom is -0.377 e. The molecule has 1 aromatic rings. The van der Waals surface area contributed by atoms with Gasteiger partial charge in [0.05, 0.1) is 6.10 Å². The number of piperidine rings is 1. The zero-order valence-electron chi connectivity index (χ0n) is 12.7. The van der Waals surface area contributed by atoms with E-state index in [1.165, 1.54) is 11.1 Å². The maximum Gasteiger partial charge on any atom is 0.243 e. The van der Waals surface area contributed by atoms with Crippen LogP contribution in [-0.4, -0.2) is 42.1 Å². The van der Waals surface area contributed by atoms with Crippen molar-refractivity contribution >= 4 is 5.91 Å². The molecular formula is C17H24N2O2. The van der Waals surface area contributed by atoms with Crippen LogP contribution in [0.25, 0.3) is 0 Å². The van der Waals surface area contributed by atoms with Crippen LogP contribution in [0.2, 0.25) is 0 Å². The number of amides is 1. The number of hydrogen-bond acceptors (Lipinski definition) is 3. The molecule has 0 spiro atoms. The Labute approximate surface area is 126 Å². The second-order valence-electron chi connectivity index (χ2n) is 6.25. The molecule has 1 aliphatic carbocycles. The highest BCUT2D eigenvalue weighted by Crippen LogP contribution is 2.30. The van der Waals surface area contributed by atoms with Gasteiger partial charge in [-0.2, -0.15) is 0 Å². The van der Waals surface area contributed by atoms with E-state index in [-0.39, 0.29) is 12.0 Å². The van der Waals surface area contributed by atoms with Crippen molar-refractivity contribution in [2.45, 2.75) is 44.2 Å². The predicted octanol–water partition coefficient (Wildman–Crippen LogP) is 1.51. The summed E-state index contributed by atoms with van der Waals surface area (Å²) in [5.41, 5.74) is 8.13. The normalized spacial score (nSPS) is 23.9. The SMILES string of the molecule is CCO[C@H]1CCCN(C(=O)C2(N)Cc3ccccc3C2)C1. The Morgan fingerprint density at radius 1 is 1.38 bits per heavy atom. The molecule has 1 heterocycles. The van der Waals surface area contributed by atoms with Crippen molar-refractivity contribution in [2.75, 3.05) is 19.7 Å². The number of likely N-dealkylation sites (tertiary alicyclic amines) is 1. The summed E-state index contributed by atoms with van der Waals surface area (Å²) in [6, 6.07) is 8.19. The minimum absolute atomic E-state index is 0.0862. The summed E-state index contributed by atoms with van der Waals surface area (Å²) in [7, 11) is 0. The Balaban J connectivity index is 1.71. The van der Waals surface area contributed by atoms with Crippen LogP contribution in [0.4, 0.5) is 0 Å². The van der Waals surface area contributed by atoms with E-state index in [1.807, 2.05) is 24.0 Å². The number of benzene rings is 1. The minimum atomic E-state index is -0.766. The third kappa shape index (κ3) is 2.83. The van der Waals surface area contributed by atoms with Crippen molar-refractivity contribution in [3.05, 3.63) is 35.4 Å². The van der Waals surface area contributed by atoms with Crippen molar-refractivity contribution in [2.24, 2.45) is 5.73 Å². The van der Waals surface area contributed by atoms with E-state index >= 15 is 0 Å². The molecule has 1 saturated heterocycles. The fraction of sp³-hybridized carbons (Fsp3) is 0.588. The lowest BCUT2D eigenvalue weighted by molar-refractivity contribution is -0.140. The molecule has 2 N–H and O–H groups in total. The fourth-order valence-electron chi connectivity index (χ4n) is 3.61. The largest absolute Gasteiger partial charge is 0.377 e. The Morgan fingerprint density at radius 2 is 2.05 bits per heavy atom. The van der Waals surface area contributed by atoms with Gasteiger partial charge in [0.15, 0.2) is 0 Å². The zero-order chi connectivity index (χ0) is 14.9. The molecule has 1 aromatic carbocycles. The highest BCUT2D eigenvalue weighted by Gasteiger charge is 2.43. The van der Waals surface area contributed by atoms with Crippen LogP contribution in [0.15, 0.2) is 24.3 Å². The van der Waals surface area contributed by atoms with E-state index in [9.17, 15) is 4.79 Å². The van der Waals surface area contributed by atoms with Crippen LogP contribution >= 0.6 is 0 Å². The lowest BCUT2D eigenvalue weighted by atomic mass is 9.93. The molecular weight excluding hydrogens is 264 g/mol. The molecule has 1 amide bonds. The van der Waals surface area contributed by atoms with Gasteiger partial charge in [-0.25, -0.2) is 0 Å².